The van der Waals surface area contributed by atoms with Crippen LogP contribution in [0.15, 0.2) is 99.2 Å². The maximum absolute atomic E-state index is 14.2. The molecule has 0 aliphatic rings. The average molecular weight is 823 g/mol. The predicted octanol–water partition coefficient (Wildman–Crippen LogP) is 9.07. The molecule has 0 saturated heterocycles. The number of rotatable bonds is 9. The third-order valence-electron chi connectivity index (χ3n) is 8.35. The molecule has 10 nitrogen and oxygen atoms in total. The number of carbonyl (C=O) groups is 2. The Kier molecular flexibility index (Phi) is 12.4. The molecular formula is C38H39Cl2F2N3O7S2. The van der Waals surface area contributed by atoms with E-state index in [1.165, 1.54) is 45.9 Å². The van der Waals surface area contributed by atoms with Gasteiger partial charge in [0.25, 0.3) is 0 Å². The van der Waals surface area contributed by atoms with Crippen LogP contribution >= 0.6 is 23.2 Å². The van der Waals surface area contributed by atoms with Gasteiger partial charge in [-0.3, -0.25) is 14.9 Å². The van der Waals surface area contributed by atoms with Crippen LogP contribution < -0.4 is 10.6 Å². The molecule has 16 heteroatoms. The van der Waals surface area contributed by atoms with Gasteiger partial charge in [0, 0.05) is 27.2 Å². The van der Waals surface area contributed by atoms with Gasteiger partial charge in [-0.1, -0.05) is 85.5 Å². The SMILES string of the molecule is CC(C)(C(=O)Nc1cccc2ccccc12)S(=O)(=O)c1ccc(Cl)cc1F.CC(C)(C)Cc1cc(NC(=O)C(C)(C)S(=O)(=O)c2ccc(Cl)cc2F)on1. The predicted molar refractivity (Wildman–Crippen MR) is 206 cm³/mol. The van der Waals surface area contributed by atoms with Crippen molar-refractivity contribution in [3.05, 3.63) is 112 Å². The maximum Gasteiger partial charge on any atom is 0.248 e. The van der Waals surface area contributed by atoms with Crippen LogP contribution in [0.4, 0.5) is 20.4 Å². The lowest BCUT2D eigenvalue weighted by Crippen LogP contribution is -2.44. The van der Waals surface area contributed by atoms with E-state index in [1.54, 1.807) is 12.1 Å². The molecule has 54 heavy (non-hydrogen) atoms. The Bertz CT molecular complexity index is 2440. The minimum absolute atomic E-state index is 0.0269. The lowest BCUT2D eigenvalue weighted by Gasteiger charge is -2.24. The second-order valence-electron chi connectivity index (χ2n) is 14.5. The van der Waals surface area contributed by atoms with E-state index >= 15 is 0 Å². The van der Waals surface area contributed by atoms with Crippen LogP contribution in [0.25, 0.3) is 10.8 Å². The summed E-state index contributed by atoms with van der Waals surface area (Å²) in [4.78, 5) is 24.3. The van der Waals surface area contributed by atoms with E-state index in [9.17, 15) is 35.2 Å². The van der Waals surface area contributed by atoms with Crippen LogP contribution in [0.2, 0.25) is 10.0 Å². The van der Waals surface area contributed by atoms with Crippen molar-refractivity contribution < 1.29 is 39.7 Å². The summed E-state index contributed by atoms with van der Waals surface area (Å²) < 4.78 is 81.0. The summed E-state index contributed by atoms with van der Waals surface area (Å²) in [5, 5.41) is 10.7. The summed E-state index contributed by atoms with van der Waals surface area (Å²) in [6.07, 6.45) is 0.615. The van der Waals surface area contributed by atoms with Gasteiger partial charge in [0.05, 0.1) is 5.69 Å². The van der Waals surface area contributed by atoms with Crippen molar-refractivity contribution in [3.8, 4) is 0 Å². The van der Waals surface area contributed by atoms with E-state index in [1.807, 2.05) is 51.1 Å². The number of amides is 2. The number of carbonyl (C=O) groups excluding carboxylic acids is 2. The molecule has 1 aromatic heterocycles. The number of nitrogens with one attached hydrogen (secondary N) is 2. The topological polar surface area (TPSA) is 153 Å². The van der Waals surface area contributed by atoms with E-state index in [4.69, 9.17) is 27.7 Å². The number of fused-ring (bicyclic) bond motifs is 1. The normalized spacial score (nSPS) is 12.5. The van der Waals surface area contributed by atoms with Gasteiger partial charge in [0.1, 0.15) is 30.9 Å². The summed E-state index contributed by atoms with van der Waals surface area (Å²) in [5.41, 5.74) is 1.08. The number of halogens is 4. The molecule has 2 N–H and O–H groups in total. The van der Waals surface area contributed by atoms with Gasteiger partial charge in [-0.15, -0.1) is 0 Å². The molecule has 5 rings (SSSR count). The summed E-state index contributed by atoms with van der Waals surface area (Å²) in [7, 11) is -8.64. The number of benzene rings is 4. The zero-order valence-corrected chi connectivity index (χ0v) is 33.6. The van der Waals surface area contributed by atoms with E-state index in [-0.39, 0.29) is 21.3 Å². The Labute approximate surface area is 323 Å². The first-order chi connectivity index (χ1) is 24.9. The van der Waals surface area contributed by atoms with E-state index < -0.39 is 62.4 Å². The highest BCUT2D eigenvalue weighted by atomic mass is 35.5. The Morgan fingerprint density at radius 3 is 1.67 bits per heavy atom. The zero-order chi connectivity index (χ0) is 40.4. The number of aromatic nitrogens is 1. The minimum Gasteiger partial charge on any atom is -0.338 e. The Hall–Kier alpha value is -4.37. The van der Waals surface area contributed by atoms with Crippen molar-refractivity contribution in [2.75, 3.05) is 10.6 Å². The zero-order valence-electron chi connectivity index (χ0n) is 30.4. The van der Waals surface area contributed by atoms with Gasteiger partial charge in [0.15, 0.2) is 19.7 Å². The number of anilines is 2. The Morgan fingerprint density at radius 1 is 0.685 bits per heavy atom. The van der Waals surface area contributed by atoms with Gasteiger partial charge in [-0.05, 0) is 87.4 Å². The van der Waals surface area contributed by atoms with Crippen molar-refractivity contribution in [2.45, 2.75) is 74.2 Å². The fourth-order valence-corrected chi connectivity index (χ4v) is 8.18. The van der Waals surface area contributed by atoms with Crippen LogP contribution in [0.3, 0.4) is 0 Å². The molecule has 0 atom stereocenters. The number of hydrogen-bond acceptors (Lipinski definition) is 8. The monoisotopic (exact) mass is 821 g/mol. The largest absolute Gasteiger partial charge is 0.338 e. The van der Waals surface area contributed by atoms with E-state index in [2.05, 4.69) is 15.8 Å². The molecule has 0 aliphatic heterocycles. The summed E-state index contributed by atoms with van der Waals surface area (Å²) in [5.74, 6) is -3.60. The molecule has 0 radical (unpaired) electrons. The first kappa shape index (κ1) is 42.4. The average Bonchev–Trinajstić information content (AvgIpc) is 3.49. The smallest absolute Gasteiger partial charge is 0.248 e. The van der Waals surface area contributed by atoms with Crippen molar-refractivity contribution in [1.82, 2.24) is 5.16 Å². The summed E-state index contributed by atoms with van der Waals surface area (Å²) in [6, 6.07) is 20.7. The fraction of sp³-hybridized carbons (Fsp3) is 0.289. The van der Waals surface area contributed by atoms with Crippen LogP contribution in [-0.4, -0.2) is 43.3 Å². The van der Waals surface area contributed by atoms with Crippen LogP contribution in [0, 0.1) is 17.0 Å². The Balaban J connectivity index is 0.000000241. The molecule has 288 valence electrons. The molecule has 4 aromatic carbocycles. The van der Waals surface area contributed by atoms with Gasteiger partial charge in [-0.2, -0.15) is 0 Å². The van der Waals surface area contributed by atoms with Gasteiger partial charge in [-0.25, -0.2) is 25.6 Å². The third kappa shape index (κ3) is 9.11. The second-order valence-corrected chi connectivity index (χ2v) is 20.3. The van der Waals surface area contributed by atoms with E-state index in [0.717, 1.165) is 35.0 Å². The number of nitrogens with zero attached hydrogens (tertiary/aromatic N) is 1. The maximum atomic E-state index is 14.2. The first-order valence-corrected chi connectivity index (χ1v) is 20.1. The lowest BCUT2D eigenvalue weighted by atomic mass is 9.91. The third-order valence-corrected chi connectivity index (χ3v) is 13.7. The molecular weight excluding hydrogens is 783 g/mol. The Morgan fingerprint density at radius 2 is 1.17 bits per heavy atom. The lowest BCUT2D eigenvalue weighted by molar-refractivity contribution is -0.118. The molecule has 0 aliphatic carbocycles. The van der Waals surface area contributed by atoms with Gasteiger partial charge < -0.3 is 9.84 Å². The molecule has 0 spiro atoms. The highest BCUT2D eigenvalue weighted by Gasteiger charge is 2.45. The molecule has 0 bridgehead atoms. The van der Waals surface area contributed by atoms with Crippen LogP contribution in [0.1, 0.15) is 54.2 Å². The van der Waals surface area contributed by atoms with Crippen molar-refractivity contribution in [2.24, 2.45) is 5.41 Å². The highest BCUT2D eigenvalue weighted by Crippen LogP contribution is 2.33. The first-order valence-electron chi connectivity index (χ1n) is 16.3. The molecule has 0 fully saturated rings. The molecule has 2 amide bonds. The minimum atomic E-state index is -4.34. The van der Waals surface area contributed by atoms with Crippen molar-refractivity contribution >= 4 is 77.0 Å². The molecule has 5 aromatic rings. The van der Waals surface area contributed by atoms with Gasteiger partial charge in [0.2, 0.25) is 17.7 Å². The van der Waals surface area contributed by atoms with Crippen molar-refractivity contribution in [1.29, 1.82) is 0 Å². The fourth-order valence-electron chi connectivity index (χ4n) is 5.05. The molecule has 1 heterocycles. The molecule has 0 saturated carbocycles. The van der Waals surface area contributed by atoms with Gasteiger partial charge >= 0.3 is 0 Å². The van der Waals surface area contributed by atoms with Crippen LogP contribution in [0.5, 0.6) is 0 Å². The van der Waals surface area contributed by atoms with E-state index in [0.29, 0.717) is 17.8 Å². The number of hydrogen-bond donors (Lipinski definition) is 2. The van der Waals surface area contributed by atoms with Crippen LogP contribution in [-0.2, 0) is 35.7 Å². The summed E-state index contributed by atoms with van der Waals surface area (Å²) >= 11 is 11.4. The highest BCUT2D eigenvalue weighted by molar-refractivity contribution is 7.94. The van der Waals surface area contributed by atoms with Crippen molar-refractivity contribution in [3.63, 3.8) is 0 Å². The second kappa shape index (κ2) is 15.8. The summed E-state index contributed by atoms with van der Waals surface area (Å²) in [6.45, 7) is 11.0. The molecule has 0 unspecified atom stereocenters. The standard InChI is InChI=1S/C20H17ClFNO3S.C18H22ClFN2O4S/c1-20(2,27(25,26)18-11-10-14(21)12-16(18)22)19(24)23-17-9-5-7-13-6-3-4-8-15(13)17;1-17(2,3)10-12-9-15(26-22-12)21-16(23)18(4,5)27(24,25)14-7-6-11(19)8-13(14)20/h3-12H,1-2H3,(H,23,24);6-9H,10H2,1-5H3,(H,21,23). The number of sulfone groups is 2. The quantitative estimate of drug-likeness (QED) is 0.149.